The number of furan rings is 1. The number of nitrogens with zero attached hydrogens (tertiary/aromatic N) is 2. The van der Waals surface area contributed by atoms with Crippen molar-refractivity contribution in [3.8, 4) is 11.1 Å². The molecule has 2 aliphatic rings. The van der Waals surface area contributed by atoms with Crippen LogP contribution in [0.4, 0.5) is 5.69 Å². The summed E-state index contributed by atoms with van der Waals surface area (Å²) in [4.78, 5) is 5.27. The van der Waals surface area contributed by atoms with E-state index in [1.165, 1.54) is 62.1 Å². The Morgan fingerprint density at radius 3 is 2.19 bits per heavy atom. The van der Waals surface area contributed by atoms with Crippen molar-refractivity contribution in [3.05, 3.63) is 42.4 Å². The molecule has 2 aromatic rings. The third-order valence-corrected chi connectivity index (χ3v) is 7.13. The Balaban J connectivity index is 0.00000272. The molecule has 1 aliphatic carbocycles. The molecule has 0 amide bonds. The van der Waals surface area contributed by atoms with E-state index in [1.807, 2.05) is 6.26 Å². The highest BCUT2D eigenvalue weighted by atomic mass is 35.5. The van der Waals surface area contributed by atoms with Gasteiger partial charge in [-0.1, -0.05) is 46.8 Å². The Hall–Kier alpha value is -1.45. The van der Waals surface area contributed by atoms with Crippen LogP contribution in [0.5, 0.6) is 0 Å². The smallest absolute Gasteiger partial charge is 0.0980 e. The summed E-state index contributed by atoms with van der Waals surface area (Å²) in [6.07, 6.45) is 8.76. The fraction of sp³-hybridized carbons (Fsp3) is 0.630. The first kappa shape index (κ1) is 24.2. The van der Waals surface area contributed by atoms with E-state index >= 15 is 0 Å². The van der Waals surface area contributed by atoms with Gasteiger partial charge in [0.15, 0.2) is 0 Å². The molecule has 1 saturated carbocycles. The minimum Gasteiger partial charge on any atom is -0.472 e. The maximum absolute atomic E-state index is 5.38. The van der Waals surface area contributed by atoms with E-state index < -0.39 is 0 Å². The Labute approximate surface area is 195 Å². The molecule has 0 N–H and O–H groups in total. The number of piperazine rings is 1. The monoisotopic (exact) mass is 444 g/mol. The van der Waals surface area contributed by atoms with Gasteiger partial charge in [-0.25, -0.2) is 0 Å². The second-order valence-corrected chi connectivity index (χ2v) is 11.2. The van der Waals surface area contributed by atoms with Crippen LogP contribution in [0.1, 0.15) is 71.8 Å². The molecule has 0 spiro atoms. The average Bonchev–Trinajstić information content (AvgIpc) is 3.21. The van der Waals surface area contributed by atoms with E-state index in [0.717, 1.165) is 13.1 Å². The summed E-state index contributed by atoms with van der Waals surface area (Å²) < 4.78 is 5.38. The zero-order chi connectivity index (χ0) is 21.4. The Bertz CT molecular complexity index is 819. The van der Waals surface area contributed by atoms with E-state index in [4.69, 9.17) is 4.42 Å². The first-order valence-corrected chi connectivity index (χ1v) is 11.9. The lowest BCUT2D eigenvalue weighted by atomic mass is 9.60. The normalized spacial score (nSPS) is 21.6. The molecule has 0 bridgehead atoms. The Morgan fingerprint density at radius 1 is 0.935 bits per heavy atom. The standard InChI is InChI=1S/C27H40N2O.ClH/c1-6-10-28-11-13-29(14-12-28)25-16-21(22-9-15-30-19-22)7-8-24(25)23-17-26(2,3)20-27(4,5)18-23;/h7-9,15-16,19,23H,6,10-14,17-18,20H2,1-5H3;1H. The molecule has 1 aromatic heterocycles. The van der Waals surface area contributed by atoms with Gasteiger partial charge in [-0.2, -0.15) is 0 Å². The van der Waals surface area contributed by atoms with Gasteiger partial charge in [0.2, 0.25) is 0 Å². The van der Waals surface area contributed by atoms with Gasteiger partial charge in [0.25, 0.3) is 0 Å². The maximum Gasteiger partial charge on any atom is 0.0980 e. The van der Waals surface area contributed by atoms with Gasteiger partial charge >= 0.3 is 0 Å². The van der Waals surface area contributed by atoms with Crippen molar-refractivity contribution in [2.75, 3.05) is 37.6 Å². The van der Waals surface area contributed by atoms with Crippen molar-refractivity contribution in [3.63, 3.8) is 0 Å². The van der Waals surface area contributed by atoms with Crippen LogP contribution in [0.2, 0.25) is 0 Å². The molecular formula is C27H41ClN2O. The molecule has 4 heteroatoms. The van der Waals surface area contributed by atoms with Crippen molar-refractivity contribution in [1.82, 2.24) is 4.90 Å². The molecule has 172 valence electrons. The van der Waals surface area contributed by atoms with Crippen molar-refractivity contribution < 1.29 is 4.42 Å². The summed E-state index contributed by atoms with van der Waals surface area (Å²) in [5.74, 6) is 0.630. The summed E-state index contributed by atoms with van der Waals surface area (Å²) >= 11 is 0. The van der Waals surface area contributed by atoms with Crippen LogP contribution >= 0.6 is 12.4 Å². The summed E-state index contributed by atoms with van der Waals surface area (Å²) in [5.41, 5.74) is 6.26. The van der Waals surface area contributed by atoms with Crippen molar-refractivity contribution in [2.45, 2.75) is 66.2 Å². The van der Waals surface area contributed by atoms with E-state index in [0.29, 0.717) is 16.7 Å². The van der Waals surface area contributed by atoms with Crippen LogP contribution in [0, 0.1) is 10.8 Å². The topological polar surface area (TPSA) is 19.6 Å². The van der Waals surface area contributed by atoms with Crippen LogP contribution in [0.15, 0.2) is 41.2 Å². The second kappa shape index (κ2) is 9.58. The quantitative estimate of drug-likeness (QED) is 0.485. The zero-order valence-corrected chi connectivity index (χ0v) is 20.9. The summed E-state index contributed by atoms with van der Waals surface area (Å²) in [6.45, 7) is 18.0. The molecule has 0 radical (unpaired) electrons. The largest absolute Gasteiger partial charge is 0.472 e. The van der Waals surface area contributed by atoms with Crippen molar-refractivity contribution in [2.24, 2.45) is 10.8 Å². The Morgan fingerprint density at radius 2 is 1.61 bits per heavy atom. The number of halogens is 1. The van der Waals surface area contributed by atoms with Gasteiger partial charge in [-0.15, -0.1) is 12.4 Å². The SMILES string of the molecule is CCCN1CCN(c2cc(-c3ccoc3)ccc2C2CC(C)(C)CC(C)(C)C2)CC1.Cl. The van der Waals surface area contributed by atoms with Crippen LogP contribution in [-0.2, 0) is 0 Å². The predicted molar refractivity (Wildman–Crippen MR) is 134 cm³/mol. The van der Waals surface area contributed by atoms with Crippen LogP contribution < -0.4 is 4.90 Å². The Kier molecular flexibility index (Phi) is 7.48. The number of benzene rings is 1. The fourth-order valence-electron chi connectivity index (χ4n) is 6.37. The minimum atomic E-state index is 0. The lowest BCUT2D eigenvalue weighted by molar-refractivity contribution is 0.0970. The van der Waals surface area contributed by atoms with Gasteiger partial charge < -0.3 is 9.32 Å². The number of hydrogen-bond donors (Lipinski definition) is 0. The van der Waals surface area contributed by atoms with Crippen molar-refractivity contribution >= 4 is 18.1 Å². The number of hydrogen-bond acceptors (Lipinski definition) is 3. The highest BCUT2D eigenvalue weighted by Gasteiger charge is 2.40. The van der Waals surface area contributed by atoms with E-state index in [2.05, 4.69) is 68.7 Å². The molecule has 31 heavy (non-hydrogen) atoms. The van der Waals surface area contributed by atoms with Crippen molar-refractivity contribution in [1.29, 1.82) is 0 Å². The molecule has 3 nitrogen and oxygen atoms in total. The molecule has 2 heterocycles. The van der Waals surface area contributed by atoms with E-state index in [1.54, 1.807) is 11.8 Å². The van der Waals surface area contributed by atoms with E-state index in [-0.39, 0.29) is 12.4 Å². The molecule has 0 atom stereocenters. The lowest BCUT2D eigenvalue weighted by Crippen LogP contribution is -2.47. The fourth-order valence-corrected chi connectivity index (χ4v) is 6.37. The number of rotatable bonds is 5. The highest BCUT2D eigenvalue weighted by molar-refractivity contribution is 5.85. The van der Waals surface area contributed by atoms with Gasteiger partial charge in [0, 0.05) is 37.4 Å². The molecule has 2 fully saturated rings. The third-order valence-electron chi connectivity index (χ3n) is 7.13. The van der Waals surface area contributed by atoms with Crippen LogP contribution in [-0.4, -0.2) is 37.6 Å². The predicted octanol–water partition coefficient (Wildman–Crippen LogP) is 7.22. The molecule has 1 aliphatic heterocycles. The molecular weight excluding hydrogens is 404 g/mol. The second-order valence-electron chi connectivity index (χ2n) is 11.2. The first-order valence-electron chi connectivity index (χ1n) is 11.9. The first-order chi connectivity index (χ1) is 14.3. The van der Waals surface area contributed by atoms with Gasteiger partial charge in [-0.3, -0.25) is 4.90 Å². The number of anilines is 1. The average molecular weight is 445 g/mol. The van der Waals surface area contributed by atoms with E-state index in [9.17, 15) is 0 Å². The minimum absolute atomic E-state index is 0. The molecule has 4 rings (SSSR count). The van der Waals surface area contributed by atoms with Gasteiger partial charge in [-0.05, 0) is 72.2 Å². The molecule has 1 aromatic carbocycles. The summed E-state index contributed by atoms with van der Waals surface area (Å²) in [6, 6.07) is 9.25. The lowest BCUT2D eigenvalue weighted by Gasteiger charge is -2.46. The molecule has 0 unspecified atom stereocenters. The third kappa shape index (κ3) is 5.68. The van der Waals surface area contributed by atoms with Gasteiger partial charge in [0.1, 0.15) is 0 Å². The van der Waals surface area contributed by atoms with Crippen LogP contribution in [0.3, 0.4) is 0 Å². The van der Waals surface area contributed by atoms with Gasteiger partial charge in [0.05, 0.1) is 12.5 Å². The molecule has 1 saturated heterocycles. The highest BCUT2D eigenvalue weighted by Crippen LogP contribution is 2.53. The maximum atomic E-state index is 5.38. The van der Waals surface area contributed by atoms with Crippen LogP contribution in [0.25, 0.3) is 11.1 Å². The summed E-state index contributed by atoms with van der Waals surface area (Å²) in [5, 5.41) is 0. The zero-order valence-electron chi connectivity index (χ0n) is 20.1. The summed E-state index contributed by atoms with van der Waals surface area (Å²) in [7, 11) is 0.